The van der Waals surface area contributed by atoms with Gasteiger partial charge in [-0.15, -0.1) is 0 Å². The van der Waals surface area contributed by atoms with Crippen molar-refractivity contribution in [3.8, 4) is 5.69 Å². The Labute approximate surface area is 231 Å². The van der Waals surface area contributed by atoms with Crippen LogP contribution in [0.15, 0.2) is 113 Å². The van der Waals surface area contributed by atoms with E-state index in [9.17, 15) is 0 Å². The Balaban J connectivity index is 1.50. The van der Waals surface area contributed by atoms with Crippen molar-refractivity contribution in [3.63, 3.8) is 0 Å². The first-order valence-electron chi connectivity index (χ1n) is 12.9. The number of nitrogens with one attached hydrogen (secondary N) is 1. The molecule has 3 heterocycles. The van der Waals surface area contributed by atoms with Gasteiger partial charge in [0.25, 0.3) is 0 Å². The maximum atomic E-state index is 6.55. The van der Waals surface area contributed by atoms with Crippen molar-refractivity contribution in [1.82, 2.24) is 9.78 Å². The van der Waals surface area contributed by atoms with E-state index < -0.39 is 0 Å². The van der Waals surface area contributed by atoms with Gasteiger partial charge in [0, 0.05) is 16.3 Å². The van der Waals surface area contributed by atoms with Crippen LogP contribution in [0, 0.1) is 13.8 Å². The number of halogens is 1. The van der Waals surface area contributed by atoms with Gasteiger partial charge in [0.05, 0.1) is 28.8 Å². The van der Waals surface area contributed by atoms with Gasteiger partial charge in [-0.3, -0.25) is 0 Å². The number of aryl methyl sites for hydroxylation is 2. The fraction of sp³-hybridized carbons (Fsp3) is 0.0938. The number of aliphatic imine (C=N–C) groups is 2. The lowest BCUT2D eigenvalue weighted by molar-refractivity contribution is 0.815. The molecule has 39 heavy (non-hydrogen) atoms. The molecule has 5 aromatic rings. The maximum Gasteiger partial charge on any atom is 0.179 e. The zero-order valence-corrected chi connectivity index (χ0v) is 22.3. The number of rotatable bonds is 3. The molecular weight excluding hydrogens is 504 g/mol. The molecule has 0 aliphatic carbocycles. The highest BCUT2D eigenvalue weighted by atomic mass is 35.5. The van der Waals surface area contributed by atoms with Crippen LogP contribution in [0.25, 0.3) is 5.69 Å². The number of amidine groups is 2. The first-order chi connectivity index (χ1) is 19.1. The molecule has 0 unspecified atom stereocenters. The van der Waals surface area contributed by atoms with Gasteiger partial charge in [-0.05, 0) is 67.9 Å². The molecule has 1 aromatic heterocycles. The average Bonchev–Trinajstić information content (AvgIpc) is 3.29. The van der Waals surface area contributed by atoms with Crippen molar-refractivity contribution in [3.05, 3.63) is 131 Å². The molecule has 0 amide bonds. The number of anilines is 2. The summed E-state index contributed by atoms with van der Waals surface area (Å²) in [5.74, 6) is 2.19. The molecule has 4 aromatic carbocycles. The number of para-hydroxylation sites is 3. The number of hydrogen-bond acceptors (Lipinski definition) is 5. The van der Waals surface area contributed by atoms with Crippen molar-refractivity contribution in [1.29, 1.82) is 0 Å². The van der Waals surface area contributed by atoms with Crippen LogP contribution in [0.2, 0.25) is 5.02 Å². The molecule has 7 rings (SSSR count). The van der Waals surface area contributed by atoms with E-state index >= 15 is 0 Å². The average molecular weight is 529 g/mol. The minimum absolute atomic E-state index is 0.213. The van der Waals surface area contributed by atoms with Gasteiger partial charge in [0.1, 0.15) is 0 Å². The summed E-state index contributed by atoms with van der Waals surface area (Å²) in [5, 5.41) is 9.22. The van der Waals surface area contributed by atoms with Crippen LogP contribution in [0.5, 0.6) is 0 Å². The third-order valence-electron chi connectivity index (χ3n) is 7.12. The number of benzene rings is 4. The molecular formula is C32H25ClN6. The Hall–Kier alpha value is -4.68. The number of nitrogens with zero attached hydrogens (tertiary/aromatic N) is 5. The molecule has 1 N–H and O–H groups in total. The zero-order chi connectivity index (χ0) is 26.5. The summed E-state index contributed by atoms with van der Waals surface area (Å²) in [6.07, 6.45) is 0. The first-order valence-corrected chi connectivity index (χ1v) is 13.2. The molecule has 0 radical (unpaired) electrons. The van der Waals surface area contributed by atoms with Crippen molar-refractivity contribution >= 4 is 46.2 Å². The largest absolute Gasteiger partial charge is 0.337 e. The van der Waals surface area contributed by atoms with Crippen molar-refractivity contribution in [2.45, 2.75) is 19.9 Å². The highest BCUT2D eigenvalue weighted by molar-refractivity contribution is 6.51. The molecule has 0 bridgehead atoms. The fourth-order valence-corrected chi connectivity index (χ4v) is 5.51. The molecule has 1 atom stereocenters. The lowest BCUT2D eigenvalue weighted by Crippen LogP contribution is -2.46. The number of hydrogen-bond donors (Lipinski definition) is 1. The molecule has 0 fully saturated rings. The lowest BCUT2D eigenvalue weighted by Gasteiger charge is -2.40. The predicted molar refractivity (Wildman–Crippen MR) is 160 cm³/mol. The van der Waals surface area contributed by atoms with Gasteiger partial charge in [-0.2, -0.15) is 5.10 Å². The summed E-state index contributed by atoms with van der Waals surface area (Å²) in [7, 11) is 0. The van der Waals surface area contributed by atoms with Gasteiger partial charge in [-0.1, -0.05) is 71.8 Å². The Morgan fingerprint density at radius 3 is 2.36 bits per heavy atom. The Bertz CT molecular complexity index is 1770. The zero-order valence-electron chi connectivity index (χ0n) is 21.5. The van der Waals surface area contributed by atoms with Gasteiger partial charge in [-0.25, -0.2) is 14.7 Å². The highest BCUT2D eigenvalue weighted by Gasteiger charge is 2.41. The van der Waals surface area contributed by atoms with E-state index in [1.807, 2.05) is 78.3 Å². The first kappa shape index (κ1) is 23.4. The third kappa shape index (κ3) is 4.01. The van der Waals surface area contributed by atoms with Crippen LogP contribution in [0.4, 0.5) is 22.9 Å². The summed E-state index contributed by atoms with van der Waals surface area (Å²) >= 11 is 6.55. The summed E-state index contributed by atoms with van der Waals surface area (Å²) in [4.78, 5) is 12.6. The van der Waals surface area contributed by atoms with Gasteiger partial charge in [0.15, 0.2) is 17.5 Å². The summed E-state index contributed by atoms with van der Waals surface area (Å²) < 4.78 is 1.93. The van der Waals surface area contributed by atoms with E-state index in [4.69, 9.17) is 26.7 Å². The summed E-state index contributed by atoms with van der Waals surface area (Å²) in [5.41, 5.74) is 7.94. The van der Waals surface area contributed by atoms with E-state index in [-0.39, 0.29) is 6.04 Å². The van der Waals surface area contributed by atoms with E-state index in [0.717, 1.165) is 51.2 Å². The number of aromatic nitrogens is 2. The van der Waals surface area contributed by atoms with E-state index in [2.05, 4.69) is 53.5 Å². The second-order valence-corrected chi connectivity index (χ2v) is 10.2. The smallest absolute Gasteiger partial charge is 0.179 e. The van der Waals surface area contributed by atoms with E-state index in [1.165, 1.54) is 5.56 Å². The topological polar surface area (TPSA) is 57.8 Å². The molecule has 0 saturated carbocycles. The maximum absolute atomic E-state index is 6.55. The molecule has 2 aliphatic rings. The monoisotopic (exact) mass is 528 g/mol. The van der Waals surface area contributed by atoms with Crippen LogP contribution in [0.3, 0.4) is 0 Å². The standard InChI is InChI=1S/C32H25ClN6/c1-20-15-17-24(18-16-20)34-30-32-36-31-28(21(2)37-39(31)25-11-4-3-5-12-25)29(22-9-8-10-23(33)19-22)38(32)27-14-7-6-13-26(27)35-30/h3-19,29H,1-2H3,(H,34,35)/t29-/m0/s1. The van der Waals surface area contributed by atoms with Crippen LogP contribution in [-0.4, -0.2) is 21.5 Å². The van der Waals surface area contributed by atoms with Gasteiger partial charge >= 0.3 is 0 Å². The summed E-state index contributed by atoms with van der Waals surface area (Å²) in [6, 6.07) is 34.4. The molecule has 190 valence electrons. The van der Waals surface area contributed by atoms with Gasteiger partial charge in [0.2, 0.25) is 0 Å². The molecule has 6 nitrogen and oxygen atoms in total. The van der Waals surface area contributed by atoms with Crippen molar-refractivity contribution in [2.75, 3.05) is 10.2 Å². The van der Waals surface area contributed by atoms with Crippen molar-refractivity contribution < 1.29 is 0 Å². The lowest BCUT2D eigenvalue weighted by atomic mass is 9.93. The van der Waals surface area contributed by atoms with Crippen LogP contribution < -0.4 is 10.2 Å². The van der Waals surface area contributed by atoms with Crippen molar-refractivity contribution in [2.24, 2.45) is 9.98 Å². The normalized spacial score (nSPS) is 15.6. The van der Waals surface area contributed by atoms with Gasteiger partial charge < -0.3 is 10.2 Å². The number of fused-ring (bicyclic) bond motifs is 4. The minimum Gasteiger partial charge on any atom is -0.337 e. The Kier molecular flexibility index (Phi) is 5.56. The molecule has 0 spiro atoms. The second kappa shape index (κ2) is 9.26. The highest BCUT2D eigenvalue weighted by Crippen LogP contribution is 2.48. The van der Waals surface area contributed by atoms with E-state index in [0.29, 0.717) is 10.9 Å². The van der Waals surface area contributed by atoms with Crippen LogP contribution in [-0.2, 0) is 0 Å². The fourth-order valence-electron chi connectivity index (χ4n) is 5.31. The summed E-state index contributed by atoms with van der Waals surface area (Å²) in [6.45, 7) is 4.13. The van der Waals surface area contributed by atoms with Crippen LogP contribution >= 0.6 is 11.6 Å². The van der Waals surface area contributed by atoms with E-state index in [1.54, 1.807) is 0 Å². The quantitative estimate of drug-likeness (QED) is 0.258. The van der Waals surface area contributed by atoms with Crippen LogP contribution in [0.1, 0.15) is 28.4 Å². The predicted octanol–water partition coefficient (Wildman–Crippen LogP) is 7.94. The molecule has 2 aliphatic heterocycles. The molecule has 7 heteroatoms. The second-order valence-electron chi connectivity index (χ2n) is 9.77. The SMILES string of the molecule is Cc1ccc(NC2=Nc3ccccc3N3C2=Nc2c(c(C)nn2-c2ccccc2)[C@@H]3c2cccc(Cl)c2)cc1. The Morgan fingerprint density at radius 2 is 1.56 bits per heavy atom. The Morgan fingerprint density at radius 1 is 0.795 bits per heavy atom. The third-order valence-corrected chi connectivity index (χ3v) is 7.35. The molecule has 0 saturated heterocycles. The minimum atomic E-state index is -0.213.